The second-order valence-electron chi connectivity index (χ2n) is 5.95. The van der Waals surface area contributed by atoms with Crippen molar-refractivity contribution in [2.24, 2.45) is 17.4 Å². The van der Waals surface area contributed by atoms with Gasteiger partial charge in [0.2, 0.25) is 0 Å². The van der Waals surface area contributed by atoms with Crippen LogP contribution in [0, 0.1) is 5.92 Å². The fourth-order valence-corrected chi connectivity index (χ4v) is 3.58. The Morgan fingerprint density at radius 2 is 1.53 bits per heavy atom. The standard InChI is InChI=1S/C14H26N2O/c15-12-9-5-6-10-14(16,13(12)17)11-7-3-1-2-4-8-11/h11-12H,1-10,15-16H2. The minimum Gasteiger partial charge on any atom is -0.321 e. The third-order valence-electron chi connectivity index (χ3n) is 4.73. The summed E-state index contributed by atoms with van der Waals surface area (Å²) in [5.41, 5.74) is 11.9. The van der Waals surface area contributed by atoms with E-state index in [2.05, 4.69) is 0 Å². The molecule has 0 radical (unpaired) electrons. The third-order valence-corrected chi connectivity index (χ3v) is 4.73. The van der Waals surface area contributed by atoms with E-state index in [-0.39, 0.29) is 11.8 Å². The van der Waals surface area contributed by atoms with E-state index < -0.39 is 5.54 Å². The predicted octanol–water partition coefficient (Wildman–Crippen LogP) is 2.12. The predicted molar refractivity (Wildman–Crippen MR) is 69.6 cm³/mol. The molecule has 0 amide bonds. The molecule has 98 valence electrons. The molecule has 2 aliphatic carbocycles. The highest BCUT2D eigenvalue weighted by molar-refractivity contribution is 5.93. The van der Waals surface area contributed by atoms with Crippen molar-refractivity contribution in [2.75, 3.05) is 0 Å². The summed E-state index contributed by atoms with van der Waals surface area (Å²) in [4.78, 5) is 12.4. The molecule has 17 heavy (non-hydrogen) atoms. The van der Waals surface area contributed by atoms with Gasteiger partial charge in [0.15, 0.2) is 5.78 Å². The van der Waals surface area contributed by atoms with Gasteiger partial charge in [-0.2, -0.15) is 0 Å². The Morgan fingerprint density at radius 1 is 0.941 bits per heavy atom. The van der Waals surface area contributed by atoms with Gasteiger partial charge >= 0.3 is 0 Å². The molecule has 0 aromatic carbocycles. The highest BCUT2D eigenvalue weighted by atomic mass is 16.1. The van der Waals surface area contributed by atoms with Gasteiger partial charge in [0.1, 0.15) is 0 Å². The molecule has 2 unspecified atom stereocenters. The van der Waals surface area contributed by atoms with Crippen LogP contribution in [0.2, 0.25) is 0 Å². The number of hydrogen-bond acceptors (Lipinski definition) is 3. The maximum absolute atomic E-state index is 12.4. The first-order valence-corrected chi connectivity index (χ1v) is 7.23. The lowest BCUT2D eigenvalue weighted by Gasteiger charge is -2.36. The zero-order valence-corrected chi connectivity index (χ0v) is 10.8. The van der Waals surface area contributed by atoms with Gasteiger partial charge < -0.3 is 11.5 Å². The molecule has 2 fully saturated rings. The molecule has 0 bridgehead atoms. The first-order valence-electron chi connectivity index (χ1n) is 7.23. The lowest BCUT2D eigenvalue weighted by molar-refractivity contribution is -0.127. The molecular weight excluding hydrogens is 212 g/mol. The summed E-state index contributed by atoms with van der Waals surface area (Å²) < 4.78 is 0. The van der Waals surface area contributed by atoms with Gasteiger partial charge in [-0.25, -0.2) is 0 Å². The molecule has 0 heterocycles. The van der Waals surface area contributed by atoms with Crippen molar-refractivity contribution in [3.63, 3.8) is 0 Å². The number of Topliss-reactive ketones (excluding diaryl/α,β-unsaturated/α-hetero) is 1. The fraction of sp³-hybridized carbons (Fsp3) is 0.929. The highest BCUT2D eigenvalue weighted by Gasteiger charge is 2.44. The van der Waals surface area contributed by atoms with Crippen molar-refractivity contribution in [3.8, 4) is 0 Å². The quantitative estimate of drug-likeness (QED) is 0.688. The Balaban J connectivity index is 2.15. The minimum atomic E-state index is -0.611. The van der Waals surface area contributed by atoms with Crippen molar-refractivity contribution < 1.29 is 4.79 Å². The Labute approximate surface area is 104 Å². The number of carbonyl (C=O) groups is 1. The van der Waals surface area contributed by atoms with E-state index in [1.54, 1.807) is 0 Å². The van der Waals surface area contributed by atoms with E-state index in [0.717, 1.165) is 38.5 Å². The van der Waals surface area contributed by atoms with Crippen LogP contribution in [0.25, 0.3) is 0 Å². The Hall–Kier alpha value is -0.410. The molecule has 2 rings (SSSR count). The highest BCUT2D eigenvalue weighted by Crippen LogP contribution is 2.36. The van der Waals surface area contributed by atoms with E-state index in [0.29, 0.717) is 5.92 Å². The van der Waals surface area contributed by atoms with E-state index in [4.69, 9.17) is 11.5 Å². The Bertz CT molecular complexity index is 271. The van der Waals surface area contributed by atoms with Crippen LogP contribution in [0.1, 0.15) is 64.2 Å². The van der Waals surface area contributed by atoms with Crippen LogP contribution >= 0.6 is 0 Å². The van der Waals surface area contributed by atoms with Crippen LogP contribution in [0.4, 0.5) is 0 Å². The Morgan fingerprint density at radius 3 is 2.18 bits per heavy atom. The number of rotatable bonds is 1. The molecule has 3 heteroatoms. The third kappa shape index (κ3) is 2.71. The molecular formula is C14H26N2O. The number of carbonyl (C=O) groups excluding carboxylic acids is 1. The molecule has 2 atom stereocenters. The lowest BCUT2D eigenvalue weighted by atomic mass is 9.73. The second kappa shape index (κ2) is 5.49. The average Bonchev–Trinajstić information content (AvgIpc) is 2.66. The second-order valence-corrected chi connectivity index (χ2v) is 5.95. The summed E-state index contributed by atoms with van der Waals surface area (Å²) in [6.07, 6.45) is 11.1. The maximum Gasteiger partial charge on any atom is 0.169 e. The summed E-state index contributed by atoms with van der Waals surface area (Å²) >= 11 is 0. The van der Waals surface area contributed by atoms with Crippen molar-refractivity contribution in [2.45, 2.75) is 75.8 Å². The summed E-state index contributed by atoms with van der Waals surface area (Å²) in [5.74, 6) is 0.517. The van der Waals surface area contributed by atoms with Gasteiger partial charge in [-0.3, -0.25) is 4.79 Å². The molecule has 3 nitrogen and oxygen atoms in total. The smallest absolute Gasteiger partial charge is 0.169 e. The molecule has 2 saturated carbocycles. The molecule has 0 aromatic rings. The normalized spacial score (nSPS) is 37.5. The minimum absolute atomic E-state index is 0.141. The maximum atomic E-state index is 12.4. The molecule has 2 aliphatic rings. The monoisotopic (exact) mass is 238 g/mol. The SMILES string of the molecule is NC1CCCCC(N)(C2CCCCCC2)C1=O. The van der Waals surface area contributed by atoms with Crippen LogP contribution in [-0.2, 0) is 4.79 Å². The first kappa shape index (κ1) is 13.0. The van der Waals surface area contributed by atoms with Crippen LogP contribution in [0.15, 0.2) is 0 Å². The van der Waals surface area contributed by atoms with Crippen LogP contribution in [0.3, 0.4) is 0 Å². The number of ketones is 1. The zero-order valence-electron chi connectivity index (χ0n) is 10.8. The Kier molecular flexibility index (Phi) is 4.21. The van der Waals surface area contributed by atoms with Crippen LogP contribution in [0.5, 0.6) is 0 Å². The summed E-state index contributed by atoms with van der Waals surface area (Å²) in [5, 5.41) is 0. The fourth-order valence-electron chi connectivity index (χ4n) is 3.58. The molecule has 0 aliphatic heterocycles. The van der Waals surface area contributed by atoms with E-state index in [1.165, 1.54) is 25.7 Å². The van der Waals surface area contributed by atoms with Gasteiger partial charge in [0.25, 0.3) is 0 Å². The molecule has 4 N–H and O–H groups in total. The van der Waals surface area contributed by atoms with Crippen molar-refractivity contribution in [3.05, 3.63) is 0 Å². The topological polar surface area (TPSA) is 69.1 Å². The van der Waals surface area contributed by atoms with E-state index in [1.807, 2.05) is 0 Å². The van der Waals surface area contributed by atoms with E-state index >= 15 is 0 Å². The van der Waals surface area contributed by atoms with Crippen molar-refractivity contribution in [1.29, 1.82) is 0 Å². The van der Waals surface area contributed by atoms with Crippen molar-refractivity contribution in [1.82, 2.24) is 0 Å². The number of hydrogen-bond donors (Lipinski definition) is 2. The summed E-state index contributed by atoms with van der Waals surface area (Å²) in [6, 6.07) is -0.314. The average molecular weight is 238 g/mol. The molecule has 0 aromatic heterocycles. The largest absolute Gasteiger partial charge is 0.321 e. The lowest BCUT2D eigenvalue weighted by Crippen LogP contribution is -2.58. The first-order chi connectivity index (χ1) is 8.14. The van der Waals surface area contributed by atoms with Gasteiger partial charge in [-0.15, -0.1) is 0 Å². The van der Waals surface area contributed by atoms with Gasteiger partial charge in [0, 0.05) is 0 Å². The van der Waals surface area contributed by atoms with Gasteiger partial charge in [0.05, 0.1) is 11.6 Å². The van der Waals surface area contributed by atoms with Crippen LogP contribution in [-0.4, -0.2) is 17.4 Å². The van der Waals surface area contributed by atoms with E-state index in [9.17, 15) is 4.79 Å². The summed E-state index contributed by atoms with van der Waals surface area (Å²) in [6.45, 7) is 0. The zero-order chi connectivity index (χ0) is 12.3. The summed E-state index contributed by atoms with van der Waals surface area (Å²) in [7, 11) is 0. The van der Waals surface area contributed by atoms with Gasteiger partial charge in [-0.1, -0.05) is 38.5 Å². The van der Waals surface area contributed by atoms with Crippen molar-refractivity contribution >= 4 is 5.78 Å². The van der Waals surface area contributed by atoms with Gasteiger partial charge in [-0.05, 0) is 31.6 Å². The number of nitrogens with two attached hydrogens (primary N) is 2. The molecule has 0 spiro atoms. The van der Waals surface area contributed by atoms with Crippen LogP contribution < -0.4 is 11.5 Å². The molecule has 0 saturated heterocycles.